The first-order valence-electron chi connectivity index (χ1n) is 8.35. The molecule has 0 unspecified atom stereocenters. The summed E-state index contributed by atoms with van der Waals surface area (Å²) in [6.45, 7) is 6.24. The summed E-state index contributed by atoms with van der Waals surface area (Å²) in [5.41, 5.74) is 1.00. The Kier molecular flexibility index (Phi) is 6.64. The van der Waals surface area contributed by atoms with E-state index in [9.17, 15) is 14.7 Å². The fourth-order valence-corrected chi connectivity index (χ4v) is 2.66. The van der Waals surface area contributed by atoms with Crippen LogP contribution < -0.4 is 10.1 Å². The molecule has 0 aliphatic carbocycles. The summed E-state index contributed by atoms with van der Waals surface area (Å²) < 4.78 is 5.71. The molecule has 1 atom stereocenters. The minimum atomic E-state index is -1.04. The Hall–Kier alpha value is -2.53. The van der Waals surface area contributed by atoms with Crippen LogP contribution in [0.2, 0.25) is 5.02 Å². The second-order valence-corrected chi connectivity index (χ2v) is 6.87. The van der Waals surface area contributed by atoms with Gasteiger partial charge in [-0.1, -0.05) is 43.6 Å². The highest BCUT2D eigenvalue weighted by Gasteiger charge is 2.20. The second kappa shape index (κ2) is 8.72. The average Bonchev–Trinajstić information content (AvgIpc) is 2.60. The van der Waals surface area contributed by atoms with E-state index in [1.807, 2.05) is 13.8 Å². The maximum absolute atomic E-state index is 12.7. The van der Waals surface area contributed by atoms with Crippen molar-refractivity contribution >= 4 is 23.5 Å². The normalized spacial score (nSPS) is 11.9. The van der Waals surface area contributed by atoms with Gasteiger partial charge in [-0.05, 0) is 42.7 Å². The average molecular weight is 376 g/mol. The van der Waals surface area contributed by atoms with Gasteiger partial charge in [0.2, 0.25) is 0 Å². The van der Waals surface area contributed by atoms with Crippen LogP contribution in [0.4, 0.5) is 0 Å². The molecule has 0 bridgehead atoms. The summed E-state index contributed by atoms with van der Waals surface area (Å²) in [5.74, 6) is -0.661. The van der Waals surface area contributed by atoms with Crippen molar-refractivity contribution in [1.82, 2.24) is 5.32 Å². The lowest BCUT2D eigenvalue weighted by molar-refractivity contribution is 0.0693. The molecule has 1 amide bonds. The molecule has 0 radical (unpaired) electrons. The number of carboxylic acid groups (broad SMARTS) is 1. The fourth-order valence-electron chi connectivity index (χ4n) is 2.48. The van der Waals surface area contributed by atoms with Crippen LogP contribution in [0.15, 0.2) is 42.5 Å². The molecule has 0 saturated heterocycles. The Morgan fingerprint density at radius 1 is 1.12 bits per heavy atom. The summed E-state index contributed by atoms with van der Waals surface area (Å²) in [7, 11) is 0. The van der Waals surface area contributed by atoms with E-state index in [1.165, 1.54) is 6.07 Å². The standard InChI is InChI=1S/C20H22ClNO4/c1-12(2)11-26-18-9-8-14(21)10-17(18)19(23)22-13(3)15-6-4-5-7-16(15)20(24)25/h4-10,12-13H,11H2,1-3H3,(H,22,23)(H,24,25)/t13-/m0/s1. The van der Waals surface area contributed by atoms with Crippen molar-refractivity contribution in [3.05, 3.63) is 64.2 Å². The van der Waals surface area contributed by atoms with Crippen molar-refractivity contribution in [2.45, 2.75) is 26.8 Å². The zero-order valence-electron chi connectivity index (χ0n) is 15.0. The molecule has 0 fully saturated rings. The number of nitrogens with one attached hydrogen (secondary N) is 1. The van der Waals surface area contributed by atoms with E-state index in [-0.39, 0.29) is 11.5 Å². The third kappa shape index (κ3) is 4.99. The number of aromatic carboxylic acids is 1. The predicted octanol–water partition coefficient (Wildman–Crippen LogP) is 4.56. The van der Waals surface area contributed by atoms with Crippen molar-refractivity contribution in [3.8, 4) is 5.75 Å². The lowest BCUT2D eigenvalue weighted by atomic mass is 10.0. The maximum Gasteiger partial charge on any atom is 0.336 e. The lowest BCUT2D eigenvalue weighted by Gasteiger charge is -2.18. The molecule has 138 valence electrons. The molecule has 0 spiro atoms. The smallest absolute Gasteiger partial charge is 0.336 e. The first-order valence-corrected chi connectivity index (χ1v) is 8.72. The molecule has 2 N–H and O–H groups in total. The lowest BCUT2D eigenvalue weighted by Crippen LogP contribution is -2.28. The van der Waals surface area contributed by atoms with Crippen LogP contribution in [0.3, 0.4) is 0 Å². The maximum atomic E-state index is 12.7. The third-order valence-corrected chi connectivity index (χ3v) is 4.00. The molecular formula is C20H22ClNO4. The molecule has 0 aliphatic heterocycles. The highest BCUT2D eigenvalue weighted by molar-refractivity contribution is 6.31. The van der Waals surface area contributed by atoms with Crippen LogP contribution in [0.25, 0.3) is 0 Å². The summed E-state index contributed by atoms with van der Waals surface area (Å²) in [6.07, 6.45) is 0. The van der Waals surface area contributed by atoms with E-state index in [1.54, 1.807) is 43.3 Å². The largest absolute Gasteiger partial charge is 0.492 e. The van der Waals surface area contributed by atoms with Gasteiger partial charge in [0.15, 0.2) is 0 Å². The number of benzene rings is 2. The van der Waals surface area contributed by atoms with Gasteiger partial charge in [-0.3, -0.25) is 4.79 Å². The molecule has 0 saturated carbocycles. The number of hydrogen-bond donors (Lipinski definition) is 2. The van der Waals surface area contributed by atoms with Crippen molar-refractivity contribution in [1.29, 1.82) is 0 Å². The molecule has 2 aromatic carbocycles. The zero-order chi connectivity index (χ0) is 19.3. The van der Waals surface area contributed by atoms with Gasteiger partial charge in [-0.2, -0.15) is 0 Å². The topological polar surface area (TPSA) is 75.6 Å². The van der Waals surface area contributed by atoms with Crippen molar-refractivity contribution < 1.29 is 19.4 Å². The van der Waals surface area contributed by atoms with Gasteiger partial charge in [0, 0.05) is 5.02 Å². The first kappa shape index (κ1) is 19.8. The number of carbonyl (C=O) groups is 2. The van der Waals surface area contributed by atoms with E-state index in [0.717, 1.165) is 0 Å². The van der Waals surface area contributed by atoms with Crippen LogP contribution in [-0.4, -0.2) is 23.6 Å². The second-order valence-electron chi connectivity index (χ2n) is 6.43. The van der Waals surface area contributed by atoms with Gasteiger partial charge >= 0.3 is 5.97 Å². The summed E-state index contributed by atoms with van der Waals surface area (Å²) in [6, 6.07) is 11.0. The van der Waals surface area contributed by atoms with Gasteiger partial charge in [0.05, 0.1) is 23.8 Å². The van der Waals surface area contributed by atoms with E-state index >= 15 is 0 Å². The summed E-state index contributed by atoms with van der Waals surface area (Å²) >= 11 is 6.03. The van der Waals surface area contributed by atoms with E-state index in [2.05, 4.69) is 5.32 Å². The third-order valence-electron chi connectivity index (χ3n) is 3.76. The predicted molar refractivity (Wildman–Crippen MR) is 101 cm³/mol. The van der Waals surface area contributed by atoms with E-state index in [0.29, 0.717) is 34.4 Å². The molecule has 26 heavy (non-hydrogen) atoms. The Morgan fingerprint density at radius 3 is 2.46 bits per heavy atom. The van der Waals surface area contributed by atoms with Gasteiger partial charge < -0.3 is 15.2 Å². The van der Waals surface area contributed by atoms with Crippen LogP contribution in [-0.2, 0) is 0 Å². The molecule has 2 rings (SSSR count). The minimum Gasteiger partial charge on any atom is -0.492 e. The number of ether oxygens (including phenoxy) is 1. The highest BCUT2D eigenvalue weighted by Crippen LogP contribution is 2.25. The van der Waals surface area contributed by atoms with Crippen LogP contribution in [0.1, 0.15) is 53.1 Å². The van der Waals surface area contributed by atoms with E-state index in [4.69, 9.17) is 16.3 Å². The van der Waals surface area contributed by atoms with Gasteiger partial charge in [0.1, 0.15) is 5.75 Å². The Bertz CT molecular complexity index is 804. The molecule has 5 nitrogen and oxygen atoms in total. The Balaban J connectivity index is 2.24. The molecule has 0 heterocycles. The monoisotopic (exact) mass is 375 g/mol. The number of halogens is 1. The van der Waals surface area contributed by atoms with Gasteiger partial charge in [-0.25, -0.2) is 4.79 Å². The summed E-state index contributed by atoms with van der Waals surface area (Å²) in [4.78, 5) is 24.1. The molecule has 2 aromatic rings. The van der Waals surface area contributed by atoms with Crippen molar-refractivity contribution in [2.24, 2.45) is 5.92 Å². The fraction of sp³-hybridized carbons (Fsp3) is 0.300. The SMILES string of the molecule is CC(C)COc1ccc(Cl)cc1C(=O)N[C@@H](C)c1ccccc1C(=O)O. The number of carbonyl (C=O) groups excluding carboxylic acids is 1. The number of amides is 1. The summed E-state index contributed by atoms with van der Waals surface area (Å²) in [5, 5.41) is 12.6. The Labute approximate surface area is 157 Å². The van der Waals surface area contributed by atoms with Gasteiger partial charge in [-0.15, -0.1) is 0 Å². The van der Waals surface area contributed by atoms with Crippen LogP contribution in [0, 0.1) is 5.92 Å². The first-order chi connectivity index (χ1) is 12.3. The van der Waals surface area contributed by atoms with Crippen LogP contribution >= 0.6 is 11.6 Å². The quantitative estimate of drug-likeness (QED) is 0.743. The number of hydrogen-bond acceptors (Lipinski definition) is 3. The van der Waals surface area contributed by atoms with Gasteiger partial charge in [0.25, 0.3) is 5.91 Å². The highest BCUT2D eigenvalue weighted by atomic mass is 35.5. The Morgan fingerprint density at radius 2 is 1.81 bits per heavy atom. The number of rotatable bonds is 7. The number of carboxylic acids is 1. The van der Waals surface area contributed by atoms with Crippen molar-refractivity contribution in [3.63, 3.8) is 0 Å². The molecular weight excluding hydrogens is 354 g/mol. The molecule has 0 aliphatic rings. The molecule has 0 aromatic heterocycles. The van der Waals surface area contributed by atoms with Crippen molar-refractivity contribution in [2.75, 3.05) is 6.61 Å². The van der Waals surface area contributed by atoms with E-state index < -0.39 is 12.0 Å². The molecule has 6 heteroatoms. The zero-order valence-corrected chi connectivity index (χ0v) is 15.7. The minimum absolute atomic E-state index is 0.155. The van der Waals surface area contributed by atoms with Crippen LogP contribution in [0.5, 0.6) is 5.75 Å².